The highest BCUT2D eigenvalue weighted by Gasteiger charge is 2.29. The smallest absolute Gasteiger partial charge is 0.281 e. The number of carbonyl (C=O) groups excluding carboxylic acids is 3. The van der Waals surface area contributed by atoms with Crippen molar-refractivity contribution in [3.05, 3.63) is 10.6 Å². The first-order chi connectivity index (χ1) is 13.0. The van der Waals surface area contributed by atoms with Crippen LogP contribution in [0.5, 0.6) is 0 Å². The molecule has 148 valence electrons. The average Bonchev–Trinajstić information content (AvgIpc) is 3.46. The minimum absolute atomic E-state index is 0.0699. The molecule has 1 saturated carbocycles. The molecule has 2 fully saturated rings. The molecule has 1 aromatic rings. The fourth-order valence-corrected chi connectivity index (χ4v) is 3.69. The van der Waals surface area contributed by atoms with E-state index in [4.69, 9.17) is 4.74 Å². The van der Waals surface area contributed by atoms with Crippen molar-refractivity contribution in [3.63, 3.8) is 0 Å². The van der Waals surface area contributed by atoms with E-state index in [0.29, 0.717) is 36.8 Å². The maximum atomic E-state index is 12.3. The lowest BCUT2D eigenvalue weighted by atomic mass is 10.3. The molecule has 1 aliphatic carbocycles. The van der Waals surface area contributed by atoms with Gasteiger partial charge in [-0.1, -0.05) is 11.3 Å². The van der Waals surface area contributed by atoms with E-state index in [1.54, 1.807) is 6.92 Å². The highest BCUT2D eigenvalue weighted by Crippen LogP contribution is 2.28. The molecule has 3 amide bonds. The SMILES string of the molecule is Cc1nc(N2CCOCC2)sc1C(=O)NNC(=O)CCCNC(=O)C1CC1. The minimum atomic E-state index is -0.375. The lowest BCUT2D eigenvalue weighted by molar-refractivity contribution is -0.123. The number of ether oxygens (including phenoxy) is 1. The van der Waals surface area contributed by atoms with E-state index >= 15 is 0 Å². The predicted molar refractivity (Wildman–Crippen MR) is 100 cm³/mol. The van der Waals surface area contributed by atoms with Gasteiger partial charge in [-0.15, -0.1) is 0 Å². The van der Waals surface area contributed by atoms with Crippen LogP contribution < -0.4 is 21.1 Å². The third kappa shape index (κ3) is 5.64. The summed E-state index contributed by atoms with van der Waals surface area (Å²) in [5.74, 6) is -0.428. The van der Waals surface area contributed by atoms with Crippen molar-refractivity contribution < 1.29 is 19.1 Å². The Kier molecular flexibility index (Phi) is 6.62. The number of hydrazine groups is 1. The van der Waals surface area contributed by atoms with E-state index in [2.05, 4.69) is 26.1 Å². The highest BCUT2D eigenvalue weighted by molar-refractivity contribution is 7.17. The van der Waals surface area contributed by atoms with Gasteiger partial charge < -0.3 is 15.0 Å². The van der Waals surface area contributed by atoms with Crippen molar-refractivity contribution in [2.24, 2.45) is 5.92 Å². The second kappa shape index (κ2) is 9.14. The third-order valence-electron chi connectivity index (χ3n) is 4.42. The molecule has 1 aromatic heterocycles. The molecule has 1 aliphatic heterocycles. The number of nitrogens with one attached hydrogen (secondary N) is 3. The Morgan fingerprint density at radius 1 is 1.22 bits per heavy atom. The van der Waals surface area contributed by atoms with Gasteiger partial charge in [0.2, 0.25) is 11.8 Å². The van der Waals surface area contributed by atoms with E-state index in [-0.39, 0.29) is 30.1 Å². The number of aromatic nitrogens is 1. The number of hydrogen-bond donors (Lipinski definition) is 3. The summed E-state index contributed by atoms with van der Waals surface area (Å²) in [6.07, 6.45) is 2.68. The van der Waals surface area contributed by atoms with Crippen LogP contribution in [-0.2, 0) is 14.3 Å². The highest BCUT2D eigenvalue weighted by atomic mass is 32.1. The Hall–Kier alpha value is -2.20. The second-order valence-electron chi connectivity index (χ2n) is 6.68. The molecule has 0 atom stereocenters. The van der Waals surface area contributed by atoms with Crippen molar-refractivity contribution in [1.82, 2.24) is 21.2 Å². The molecular formula is C17H25N5O4S. The molecular weight excluding hydrogens is 370 g/mol. The predicted octanol–water partition coefficient (Wildman–Crippen LogP) is 0.356. The molecule has 0 bridgehead atoms. The maximum absolute atomic E-state index is 12.3. The first-order valence-electron chi connectivity index (χ1n) is 9.21. The average molecular weight is 395 g/mol. The third-order valence-corrected chi connectivity index (χ3v) is 5.63. The number of thiazole rings is 1. The largest absolute Gasteiger partial charge is 0.378 e. The van der Waals surface area contributed by atoms with Gasteiger partial charge in [-0.3, -0.25) is 25.2 Å². The molecule has 2 heterocycles. The Morgan fingerprint density at radius 2 is 1.96 bits per heavy atom. The number of carbonyl (C=O) groups is 3. The van der Waals surface area contributed by atoms with Crippen LogP contribution in [0, 0.1) is 12.8 Å². The van der Waals surface area contributed by atoms with Gasteiger partial charge >= 0.3 is 0 Å². The van der Waals surface area contributed by atoms with Gasteiger partial charge in [-0.25, -0.2) is 4.98 Å². The molecule has 1 saturated heterocycles. The number of aryl methyl sites for hydroxylation is 1. The molecule has 10 heteroatoms. The van der Waals surface area contributed by atoms with E-state index in [1.165, 1.54) is 11.3 Å². The standard InChI is InChI=1S/C17H25N5O4S/c1-11-14(27-17(19-11)22-7-9-26-10-8-22)16(25)21-20-13(23)3-2-6-18-15(24)12-4-5-12/h12H,2-10H2,1H3,(H,18,24)(H,20,23)(H,21,25). The lowest BCUT2D eigenvalue weighted by Gasteiger charge is -2.25. The molecule has 0 unspecified atom stereocenters. The summed E-state index contributed by atoms with van der Waals surface area (Å²) in [6.45, 7) is 5.05. The van der Waals surface area contributed by atoms with Crippen LogP contribution in [0.4, 0.5) is 5.13 Å². The Morgan fingerprint density at radius 3 is 2.67 bits per heavy atom. The van der Waals surface area contributed by atoms with Gasteiger partial charge in [0.25, 0.3) is 5.91 Å². The number of nitrogens with zero attached hydrogens (tertiary/aromatic N) is 2. The van der Waals surface area contributed by atoms with Crippen LogP contribution in [0.3, 0.4) is 0 Å². The van der Waals surface area contributed by atoms with Crippen LogP contribution in [-0.4, -0.2) is 55.6 Å². The van der Waals surface area contributed by atoms with Crippen LogP contribution in [0.1, 0.15) is 41.0 Å². The molecule has 3 rings (SSSR count). The van der Waals surface area contributed by atoms with Gasteiger partial charge in [-0.05, 0) is 26.2 Å². The summed E-state index contributed by atoms with van der Waals surface area (Å²) < 4.78 is 5.32. The first kappa shape index (κ1) is 19.6. The summed E-state index contributed by atoms with van der Waals surface area (Å²) in [5, 5.41) is 3.60. The number of hydrogen-bond acceptors (Lipinski definition) is 7. The Balaban J connectivity index is 1.38. The zero-order chi connectivity index (χ0) is 19.2. The van der Waals surface area contributed by atoms with Crippen molar-refractivity contribution in [2.45, 2.75) is 32.6 Å². The van der Waals surface area contributed by atoms with Crippen LogP contribution in [0.25, 0.3) is 0 Å². The molecule has 3 N–H and O–H groups in total. The molecule has 27 heavy (non-hydrogen) atoms. The minimum Gasteiger partial charge on any atom is -0.378 e. The van der Waals surface area contributed by atoms with Gasteiger partial charge in [0, 0.05) is 32.0 Å². The van der Waals surface area contributed by atoms with Gasteiger partial charge in [0.05, 0.1) is 18.9 Å². The lowest BCUT2D eigenvalue weighted by Crippen LogP contribution is -2.41. The van der Waals surface area contributed by atoms with E-state index in [9.17, 15) is 14.4 Å². The topological polar surface area (TPSA) is 113 Å². The normalized spacial score (nSPS) is 16.7. The van der Waals surface area contributed by atoms with Crippen molar-refractivity contribution >= 4 is 34.2 Å². The van der Waals surface area contributed by atoms with Crippen molar-refractivity contribution in [1.29, 1.82) is 0 Å². The fraction of sp³-hybridized carbons (Fsp3) is 0.647. The van der Waals surface area contributed by atoms with E-state index in [0.717, 1.165) is 31.1 Å². The Labute approximate surface area is 161 Å². The van der Waals surface area contributed by atoms with Crippen molar-refractivity contribution in [3.8, 4) is 0 Å². The maximum Gasteiger partial charge on any atom is 0.281 e. The monoisotopic (exact) mass is 395 g/mol. The fourth-order valence-electron chi connectivity index (χ4n) is 2.68. The van der Waals surface area contributed by atoms with E-state index < -0.39 is 0 Å². The van der Waals surface area contributed by atoms with Gasteiger partial charge in [0.1, 0.15) is 4.88 Å². The van der Waals surface area contributed by atoms with E-state index in [1.807, 2.05) is 0 Å². The first-order valence-corrected chi connectivity index (χ1v) is 10.0. The van der Waals surface area contributed by atoms with Gasteiger partial charge in [-0.2, -0.15) is 0 Å². The molecule has 0 aromatic carbocycles. The summed E-state index contributed by atoms with van der Waals surface area (Å²) in [7, 11) is 0. The molecule has 0 spiro atoms. The Bertz CT molecular complexity index is 697. The summed E-state index contributed by atoms with van der Waals surface area (Å²) in [5.41, 5.74) is 5.48. The summed E-state index contributed by atoms with van der Waals surface area (Å²) >= 11 is 1.31. The second-order valence-corrected chi connectivity index (χ2v) is 7.66. The summed E-state index contributed by atoms with van der Waals surface area (Å²) in [6, 6.07) is 0. The quantitative estimate of drug-likeness (QED) is 0.454. The van der Waals surface area contributed by atoms with Crippen molar-refractivity contribution in [2.75, 3.05) is 37.7 Å². The van der Waals surface area contributed by atoms with Crippen LogP contribution in [0.2, 0.25) is 0 Å². The molecule has 2 aliphatic rings. The number of morpholine rings is 1. The van der Waals surface area contributed by atoms with Crippen LogP contribution in [0.15, 0.2) is 0 Å². The number of amides is 3. The van der Waals surface area contributed by atoms with Gasteiger partial charge in [0.15, 0.2) is 5.13 Å². The number of rotatable bonds is 7. The zero-order valence-corrected chi connectivity index (χ0v) is 16.2. The zero-order valence-electron chi connectivity index (χ0n) is 15.4. The molecule has 0 radical (unpaired) electrons. The summed E-state index contributed by atoms with van der Waals surface area (Å²) in [4.78, 5) is 42.7. The van der Waals surface area contributed by atoms with Crippen LogP contribution >= 0.6 is 11.3 Å². The number of anilines is 1. The molecule has 9 nitrogen and oxygen atoms in total.